The summed E-state index contributed by atoms with van der Waals surface area (Å²) in [6, 6.07) is 8.67. The maximum absolute atomic E-state index is 11.3. The molecule has 5 heteroatoms. The van der Waals surface area contributed by atoms with Crippen LogP contribution in [0.2, 0.25) is 0 Å². The average molecular weight is 296 g/mol. The molecule has 2 saturated heterocycles. The van der Waals surface area contributed by atoms with Crippen molar-refractivity contribution in [3.63, 3.8) is 0 Å². The Hall–Kier alpha value is -2.50. The Balaban J connectivity index is 1.81. The molecule has 1 amide bonds. The van der Waals surface area contributed by atoms with E-state index in [1.165, 1.54) is 4.90 Å². The summed E-state index contributed by atoms with van der Waals surface area (Å²) in [5.41, 5.74) is 0.0560. The molecule has 112 valence electrons. The first-order valence-electron chi connectivity index (χ1n) is 7.28. The molecule has 2 aliphatic rings. The zero-order valence-electron chi connectivity index (χ0n) is 12.0. The molecular weight excluding hydrogens is 280 g/mol. The van der Waals surface area contributed by atoms with E-state index in [9.17, 15) is 15.0 Å². The summed E-state index contributed by atoms with van der Waals surface area (Å²) in [7, 11) is 0. The highest BCUT2D eigenvalue weighted by Crippen LogP contribution is 2.40. The first-order chi connectivity index (χ1) is 10.5. The fourth-order valence-corrected chi connectivity index (χ4v) is 3.49. The van der Waals surface area contributed by atoms with Crippen molar-refractivity contribution in [1.29, 1.82) is 5.26 Å². The minimum absolute atomic E-state index is 0.152. The Bertz CT molecular complexity index is 697. The van der Waals surface area contributed by atoms with E-state index in [4.69, 9.17) is 5.26 Å². The second-order valence-corrected chi connectivity index (χ2v) is 5.96. The number of aliphatic hydroxyl groups is 1. The maximum atomic E-state index is 11.3. The number of fused-ring (bicyclic) bond motifs is 2. The van der Waals surface area contributed by atoms with Crippen LogP contribution in [-0.2, 0) is 0 Å². The van der Waals surface area contributed by atoms with Crippen LogP contribution in [-0.4, -0.2) is 38.9 Å². The Morgan fingerprint density at radius 1 is 1.27 bits per heavy atom. The summed E-state index contributed by atoms with van der Waals surface area (Å²) in [5, 5.41) is 28.8. The summed E-state index contributed by atoms with van der Waals surface area (Å²) in [4.78, 5) is 12.7. The standard InChI is InChI=1S/C17H16N2O3/c18-11-13-3-1-2-12(8-13)6-7-17(22)9-14-4-5-15(10-17)19(14)16(20)21/h1-3,8,14-15,22H,4-5,9-10H2,(H,20,21). The van der Waals surface area contributed by atoms with Crippen LogP contribution in [0.15, 0.2) is 24.3 Å². The number of hydrogen-bond acceptors (Lipinski definition) is 3. The van der Waals surface area contributed by atoms with Crippen molar-refractivity contribution in [3.8, 4) is 17.9 Å². The van der Waals surface area contributed by atoms with Gasteiger partial charge in [-0.05, 0) is 31.0 Å². The first-order valence-corrected chi connectivity index (χ1v) is 7.28. The topological polar surface area (TPSA) is 84.6 Å². The van der Waals surface area contributed by atoms with Crippen molar-refractivity contribution < 1.29 is 15.0 Å². The Labute approximate surface area is 128 Å². The second kappa shape index (κ2) is 5.36. The van der Waals surface area contributed by atoms with Gasteiger partial charge in [0.2, 0.25) is 0 Å². The van der Waals surface area contributed by atoms with E-state index in [0.717, 1.165) is 12.8 Å². The van der Waals surface area contributed by atoms with E-state index in [1.807, 2.05) is 0 Å². The summed E-state index contributed by atoms with van der Waals surface area (Å²) in [5.74, 6) is 5.83. The smallest absolute Gasteiger partial charge is 0.407 e. The first kappa shape index (κ1) is 14.4. The number of nitriles is 1. The number of amides is 1. The molecule has 2 unspecified atom stereocenters. The molecule has 5 nitrogen and oxygen atoms in total. The van der Waals surface area contributed by atoms with Gasteiger partial charge in [0.05, 0.1) is 11.6 Å². The van der Waals surface area contributed by atoms with E-state index < -0.39 is 11.7 Å². The molecule has 0 aliphatic carbocycles. The van der Waals surface area contributed by atoms with Gasteiger partial charge < -0.3 is 15.1 Å². The lowest BCUT2D eigenvalue weighted by Crippen LogP contribution is -2.52. The number of benzene rings is 1. The van der Waals surface area contributed by atoms with Crippen LogP contribution < -0.4 is 0 Å². The van der Waals surface area contributed by atoms with Crippen molar-refractivity contribution in [2.75, 3.05) is 0 Å². The summed E-state index contributed by atoms with van der Waals surface area (Å²) in [6.07, 6.45) is 1.35. The Morgan fingerprint density at radius 3 is 2.50 bits per heavy atom. The molecule has 2 atom stereocenters. The average Bonchev–Trinajstić information content (AvgIpc) is 2.79. The highest BCUT2D eigenvalue weighted by atomic mass is 16.4. The molecule has 1 aromatic carbocycles. The van der Waals surface area contributed by atoms with Gasteiger partial charge in [-0.3, -0.25) is 0 Å². The highest BCUT2D eigenvalue weighted by Gasteiger charge is 2.48. The third kappa shape index (κ3) is 2.64. The third-order valence-corrected chi connectivity index (χ3v) is 4.42. The monoisotopic (exact) mass is 296 g/mol. The Kier molecular flexibility index (Phi) is 3.52. The van der Waals surface area contributed by atoms with E-state index in [0.29, 0.717) is 24.0 Å². The molecule has 0 saturated carbocycles. The minimum Gasteiger partial charge on any atom is -0.465 e. The van der Waals surface area contributed by atoms with Crippen molar-refractivity contribution in [2.24, 2.45) is 0 Å². The normalized spacial score (nSPS) is 29.4. The van der Waals surface area contributed by atoms with Crippen LogP contribution in [0.5, 0.6) is 0 Å². The van der Waals surface area contributed by atoms with Crippen LogP contribution in [0.25, 0.3) is 0 Å². The number of hydrogen-bond donors (Lipinski definition) is 2. The molecule has 2 aliphatic heterocycles. The summed E-state index contributed by atoms with van der Waals surface area (Å²) in [6.45, 7) is 0. The van der Waals surface area contributed by atoms with Crippen LogP contribution >= 0.6 is 0 Å². The molecule has 2 fully saturated rings. The molecule has 0 spiro atoms. The van der Waals surface area contributed by atoms with Crippen molar-refractivity contribution in [3.05, 3.63) is 35.4 Å². The Morgan fingerprint density at radius 2 is 1.91 bits per heavy atom. The molecular formula is C17H16N2O3. The molecule has 2 heterocycles. The number of carbonyl (C=O) groups is 1. The lowest BCUT2D eigenvalue weighted by Gasteiger charge is -2.39. The van der Waals surface area contributed by atoms with Crippen LogP contribution in [0.3, 0.4) is 0 Å². The lowest BCUT2D eigenvalue weighted by atomic mass is 9.86. The van der Waals surface area contributed by atoms with Crippen molar-refractivity contribution in [2.45, 2.75) is 43.4 Å². The molecule has 2 bridgehead atoms. The molecule has 22 heavy (non-hydrogen) atoms. The molecule has 0 aromatic heterocycles. The van der Waals surface area contributed by atoms with Gasteiger partial charge in [0.25, 0.3) is 0 Å². The van der Waals surface area contributed by atoms with Gasteiger partial charge in [-0.1, -0.05) is 17.9 Å². The van der Waals surface area contributed by atoms with E-state index in [1.54, 1.807) is 24.3 Å². The number of piperidine rings is 1. The number of carboxylic acid groups (broad SMARTS) is 1. The van der Waals surface area contributed by atoms with Gasteiger partial charge in [-0.25, -0.2) is 4.79 Å². The van der Waals surface area contributed by atoms with Crippen LogP contribution in [0, 0.1) is 23.2 Å². The number of nitrogens with zero attached hydrogens (tertiary/aromatic N) is 2. The van der Waals surface area contributed by atoms with Crippen molar-refractivity contribution >= 4 is 6.09 Å². The minimum atomic E-state index is -1.15. The summed E-state index contributed by atoms with van der Waals surface area (Å²) >= 11 is 0. The predicted molar refractivity (Wildman–Crippen MR) is 78.9 cm³/mol. The quantitative estimate of drug-likeness (QED) is 0.717. The molecule has 0 radical (unpaired) electrons. The maximum Gasteiger partial charge on any atom is 0.407 e. The van der Waals surface area contributed by atoms with Crippen LogP contribution in [0.4, 0.5) is 4.79 Å². The third-order valence-electron chi connectivity index (χ3n) is 4.42. The fraction of sp³-hybridized carbons (Fsp3) is 0.412. The van der Waals surface area contributed by atoms with Gasteiger partial charge in [0.1, 0.15) is 5.60 Å². The zero-order chi connectivity index (χ0) is 15.7. The van der Waals surface area contributed by atoms with Gasteiger partial charge in [-0.15, -0.1) is 0 Å². The second-order valence-electron chi connectivity index (χ2n) is 5.96. The fourth-order valence-electron chi connectivity index (χ4n) is 3.49. The molecule has 2 N–H and O–H groups in total. The summed E-state index contributed by atoms with van der Waals surface area (Å²) < 4.78 is 0. The lowest BCUT2D eigenvalue weighted by molar-refractivity contribution is -0.00378. The van der Waals surface area contributed by atoms with Gasteiger partial charge in [-0.2, -0.15) is 5.26 Å². The van der Waals surface area contributed by atoms with Crippen LogP contribution in [0.1, 0.15) is 36.8 Å². The van der Waals surface area contributed by atoms with Gasteiger partial charge in [0.15, 0.2) is 0 Å². The largest absolute Gasteiger partial charge is 0.465 e. The van der Waals surface area contributed by atoms with Gasteiger partial charge >= 0.3 is 6.09 Å². The van der Waals surface area contributed by atoms with E-state index >= 15 is 0 Å². The van der Waals surface area contributed by atoms with E-state index in [-0.39, 0.29) is 12.1 Å². The van der Waals surface area contributed by atoms with Crippen molar-refractivity contribution in [1.82, 2.24) is 4.90 Å². The molecule has 3 rings (SSSR count). The SMILES string of the molecule is N#Cc1cccc(C#CC2(O)CC3CCC(C2)N3C(=O)O)c1. The van der Waals surface area contributed by atoms with E-state index in [2.05, 4.69) is 17.9 Å². The molecule has 1 aromatic rings. The predicted octanol–water partition coefficient (Wildman–Crippen LogP) is 1.95. The number of rotatable bonds is 0. The zero-order valence-corrected chi connectivity index (χ0v) is 12.0. The highest BCUT2D eigenvalue weighted by molar-refractivity contribution is 5.67. The van der Waals surface area contributed by atoms with Gasteiger partial charge in [0, 0.05) is 30.5 Å².